The molecule has 0 aliphatic rings. The van der Waals surface area contributed by atoms with E-state index in [1.807, 2.05) is 0 Å². The molecule has 0 unspecified atom stereocenters. The molecule has 0 nitrogen and oxygen atoms in total. The van der Waals surface area contributed by atoms with Crippen molar-refractivity contribution in [3.8, 4) is 0 Å². The van der Waals surface area contributed by atoms with Crippen LogP contribution in [0.25, 0.3) is 0 Å². The molecule has 0 amide bonds. The van der Waals surface area contributed by atoms with Gasteiger partial charge in [0.1, 0.15) is 0 Å². The fourth-order valence-corrected chi connectivity index (χ4v) is 14.9. The Morgan fingerprint density at radius 1 is 0.279 bits per heavy atom. The van der Waals surface area contributed by atoms with Crippen LogP contribution in [0.3, 0.4) is 0 Å². The third-order valence-corrected chi connectivity index (χ3v) is 17.5. The van der Waals surface area contributed by atoms with E-state index in [0.717, 1.165) is 0 Å². The van der Waals surface area contributed by atoms with Gasteiger partial charge in [0.2, 0.25) is 0 Å². The molecule has 0 aromatic carbocycles. The normalized spacial score (nSPS) is 11.1. The van der Waals surface area contributed by atoms with E-state index < -0.39 is 13.5 Å². The summed E-state index contributed by atoms with van der Waals surface area (Å²) < 4.78 is 0. The Bertz CT molecular complexity index is 331. The molecule has 270 valence electrons. The van der Waals surface area contributed by atoms with Gasteiger partial charge in [-0.25, -0.2) is 0 Å². The maximum atomic E-state index is 4.97. The van der Waals surface area contributed by atoms with Crippen molar-refractivity contribution >= 4 is 52.5 Å². The van der Waals surface area contributed by atoms with Crippen LogP contribution in [0.5, 0.6) is 0 Å². The van der Waals surface area contributed by atoms with E-state index in [0.29, 0.717) is 0 Å². The van der Waals surface area contributed by atoms with Crippen molar-refractivity contribution in [3.63, 3.8) is 0 Å². The Morgan fingerprint density at radius 2 is 0.372 bits per heavy atom. The molecule has 0 rings (SSSR count). The summed E-state index contributed by atoms with van der Waals surface area (Å²) >= 11 is -1.92. The van der Waals surface area contributed by atoms with Crippen molar-refractivity contribution in [2.24, 2.45) is 0 Å². The van der Waals surface area contributed by atoms with Gasteiger partial charge in [-0.15, -0.1) is 0 Å². The van der Waals surface area contributed by atoms with E-state index in [4.69, 9.17) is 28.8 Å². The second-order valence-corrected chi connectivity index (χ2v) is 31.7. The van der Waals surface area contributed by atoms with Crippen molar-refractivity contribution in [1.82, 2.24) is 0 Å². The molecule has 0 aromatic heterocycles. The van der Waals surface area contributed by atoms with Crippen LogP contribution in [0.2, 0.25) is 0 Å². The molecule has 7 heteroatoms. The molecule has 0 saturated carbocycles. The summed E-state index contributed by atoms with van der Waals surface area (Å²) in [5, 5.41) is 0. The Morgan fingerprint density at radius 3 is 0.442 bits per heavy atom. The third-order valence-electron chi connectivity index (χ3n) is 7.95. The summed E-state index contributed by atoms with van der Waals surface area (Å²) in [4.78, 5) is 0. The quantitative estimate of drug-likeness (QED) is 0.0721. The monoisotopic (exact) mass is 907 g/mol. The summed E-state index contributed by atoms with van der Waals surface area (Å²) in [5.74, 6) is 0. The first kappa shape index (κ1) is 52.6. The van der Waals surface area contributed by atoms with Gasteiger partial charge in [-0.1, -0.05) is 120 Å². The predicted molar refractivity (Wildman–Crippen MR) is 220 cm³/mol. The van der Waals surface area contributed by atoms with Crippen molar-refractivity contribution < 1.29 is 13.5 Å². The van der Waals surface area contributed by atoms with E-state index in [2.05, 4.69) is 62.3 Å². The van der Waals surface area contributed by atoms with Crippen LogP contribution >= 0.6 is 52.5 Å². The molecular weight excluding hydrogens is 824 g/mol. The summed E-state index contributed by atoms with van der Waals surface area (Å²) in [6.07, 6.45) is 40.2. The first-order chi connectivity index (χ1) is 20.8. The van der Waals surface area contributed by atoms with Gasteiger partial charge in [-0.2, -0.15) is 0 Å². The number of halogens is 3. The van der Waals surface area contributed by atoms with Crippen LogP contribution < -0.4 is 0 Å². The van der Waals surface area contributed by atoms with Crippen LogP contribution in [0.15, 0.2) is 0 Å². The minimum atomic E-state index is -1.92. The van der Waals surface area contributed by atoms with E-state index in [-0.39, 0.29) is 23.8 Å². The molecule has 0 fully saturated rings. The van der Waals surface area contributed by atoms with Crippen molar-refractivity contribution in [2.75, 3.05) is 55.5 Å². The van der Waals surface area contributed by atoms with Crippen molar-refractivity contribution in [2.45, 2.75) is 178 Å². The standard InChI is InChI=1S/3C12H27P.3ClH.Ir/c3*1-4-7-10-13(11-8-5-2)12-9-6-3;;;;/h3*4-12H2,1-3H3;3*1H;/q;;;;;;+3. The Balaban J connectivity index is -0.000000249. The molecule has 0 aliphatic heterocycles. The number of hydrogen-bond donors (Lipinski definition) is 0. The maximum absolute atomic E-state index is 4.97. The molecule has 0 N–H and O–H groups in total. The van der Waals surface area contributed by atoms with Gasteiger partial charge in [0.25, 0.3) is 0 Å². The zero-order valence-electron chi connectivity index (χ0n) is 31.1. The second-order valence-electron chi connectivity index (χ2n) is 12.3. The SMILES string of the molecule is CCCC[PH+](CCCC)CCCC.CCCC[PH+](CCCC)CCCC.CCCC[PH+](CCCC)CCCC.[Cl][Ir]([Cl])[Cl]. The fourth-order valence-electron chi connectivity index (χ4n) is 4.97. The number of rotatable bonds is 27. The van der Waals surface area contributed by atoms with Gasteiger partial charge in [0, 0.05) is 23.8 Å². The van der Waals surface area contributed by atoms with E-state index >= 15 is 0 Å². The minimum absolute atomic E-state index is 0.0675. The van der Waals surface area contributed by atoms with Crippen molar-refractivity contribution in [3.05, 3.63) is 0 Å². The molecule has 0 spiro atoms. The average Bonchev–Trinajstić information content (AvgIpc) is 3.00. The molecular formula is C36H84Cl3IrP3+3. The molecule has 0 aliphatic carbocycles. The van der Waals surface area contributed by atoms with Crippen LogP contribution in [0, 0.1) is 0 Å². The fraction of sp³-hybridized carbons (Fsp3) is 1.00. The van der Waals surface area contributed by atoms with Crippen LogP contribution in [-0.2, 0) is 13.5 Å². The van der Waals surface area contributed by atoms with Crippen LogP contribution in [0.4, 0.5) is 0 Å². The summed E-state index contributed by atoms with van der Waals surface area (Å²) in [7, 11) is 15.1. The number of hydrogen-bond acceptors (Lipinski definition) is 0. The Labute approximate surface area is 297 Å². The molecule has 0 atom stereocenters. The second kappa shape index (κ2) is 49.2. The molecule has 0 saturated heterocycles. The molecule has 0 aromatic rings. The topological polar surface area (TPSA) is 0 Å². The van der Waals surface area contributed by atoms with Gasteiger partial charge in [0.05, 0.1) is 55.5 Å². The molecule has 0 radical (unpaired) electrons. The summed E-state index contributed by atoms with van der Waals surface area (Å²) in [6.45, 7) is 20.9. The van der Waals surface area contributed by atoms with Gasteiger partial charge in [-0.3, -0.25) is 0 Å². The van der Waals surface area contributed by atoms with Gasteiger partial charge in [0.15, 0.2) is 0 Å². The van der Waals surface area contributed by atoms with Crippen LogP contribution in [0.1, 0.15) is 178 Å². The zero-order chi connectivity index (χ0) is 33.4. The first-order valence-corrected chi connectivity index (χ1v) is 34.2. The van der Waals surface area contributed by atoms with Gasteiger partial charge < -0.3 is 0 Å². The van der Waals surface area contributed by atoms with Crippen molar-refractivity contribution in [1.29, 1.82) is 0 Å². The van der Waals surface area contributed by atoms with E-state index in [1.54, 1.807) is 55.5 Å². The Hall–Kier alpha value is 2.81. The Kier molecular flexibility index (Phi) is 60.2. The molecule has 0 heterocycles. The van der Waals surface area contributed by atoms with Gasteiger partial charge in [-0.05, 0) is 57.8 Å². The number of unbranched alkanes of at least 4 members (excludes halogenated alkanes) is 9. The molecule has 0 bridgehead atoms. The molecule has 43 heavy (non-hydrogen) atoms. The van der Waals surface area contributed by atoms with E-state index in [1.165, 1.54) is 116 Å². The summed E-state index contributed by atoms with van der Waals surface area (Å²) in [6, 6.07) is 0. The average molecular weight is 909 g/mol. The zero-order valence-corrected chi connectivity index (χ0v) is 38.7. The predicted octanol–water partition coefficient (Wildman–Crippen LogP) is 15.9. The van der Waals surface area contributed by atoms with Crippen LogP contribution in [-0.4, -0.2) is 55.5 Å². The third kappa shape index (κ3) is 54.5. The summed E-state index contributed by atoms with van der Waals surface area (Å²) in [5.41, 5.74) is 0. The van der Waals surface area contributed by atoms with Gasteiger partial charge >= 0.3 is 42.2 Å². The van der Waals surface area contributed by atoms with E-state index in [9.17, 15) is 0 Å². The first-order valence-electron chi connectivity index (χ1n) is 18.9.